The number of aliphatic hydroxyl groups is 1. The molecule has 2 fully saturated rings. The average Bonchev–Trinajstić information content (AvgIpc) is 3.38. The number of hydrogen-bond donors (Lipinski definition) is 2. The summed E-state index contributed by atoms with van der Waals surface area (Å²) in [6, 6.07) is 8.42. The van der Waals surface area contributed by atoms with Gasteiger partial charge in [0.15, 0.2) is 0 Å². The third-order valence-corrected chi connectivity index (χ3v) is 6.13. The van der Waals surface area contributed by atoms with E-state index in [1.54, 1.807) is 12.1 Å². The molecule has 0 aliphatic carbocycles. The van der Waals surface area contributed by atoms with Gasteiger partial charge in [-0.1, -0.05) is 17.7 Å². The van der Waals surface area contributed by atoms with E-state index in [2.05, 4.69) is 0 Å². The summed E-state index contributed by atoms with van der Waals surface area (Å²) in [6.45, 7) is 8.52. The Bertz CT molecular complexity index is 989. The fourth-order valence-corrected chi connectivity index (χ4v) is 4.40. The second kappa shape index (κ2) is 9.08. The molecular weight excluding hydrogens is 396 g/mol. The van der Waals surface area contributed by atoms with Gasteiger partial charge in [-0.25, -0.2) is 0 Å². The van der Waals surface area contributed by atoms with Crippen LogP contribution in [0.2, 0.25) is 0 Å². The normalized spacial score (nSPS) is 21.7. The predicted molar refractivity (Wildman–Crippen MR) is 115 cm³/mol. The lowest BCUT2D eigenvalue weighted by Crippen LogP contribution is -3.14. The zero-order chi connectivity index (χ0) is 22.0. The van der Waals surface area contributed by atoms with Crippen molar-refractivity contribution in [3.05, 3.63) is 64.6 Å². The summed E-state index contributed by atoms with van der Waals surface area (Å²) >= 11 is 0. The van der Waals surface area contributed by atoms with Crippen molar-refractivity contribution in [2.45, 2.75) is 26.3 Å². The van der Waals surface area contributed by atoms with Crippen molar-refractivity contribution in [1.29, 1.82) is 0 Å². The molecule has 0 saturated carbocycles. The quantitative estimate of drug-likeness (QED) is 0.418. The van der Waals surface area contributed by atoms with E-state index in [0.717, 1.165) is 50.4 Å². The van der Waals surface area contributed by atoms with Gasteiger partial charge >= 0.3 is 0 Å². The molecule has 164 valence electrons. The molecule has 1 aromatic carbocycles. The topological polar surface area (TPSA) is 84.4 Å². The Morgan fingerprint density at radius 2 is 1.97 bits per heavy atom. The third kappa shape index (κ3) is 4.29. The van der Waals surface area contributed by atoms with E-state index in [4.69, 9.17) is 9.15 Å². The number of aliphatic hydroxyl groups excluding tert-OH is 1. The molecule has 1 unspecified atom stereocenters. The Hall–Kier alpha value is -2.90. The molecule has 31 heavy (non-hydrogen) atoms. The molecule has 1 atom stereocenters. The number of furan rings is 1. The van der Waals surface area contributed by atoms with Gasteiger partial charge in [-0.05, 0) is 37.6 Å². The molecule has 1 aromatic heterocycles. The van der Waals surface area contributed by atoms with Crippen LogP contribution in [-0.4, -0.2) is 61.1 Å². The van der Waals surface area contributed by atoms with Gasteiger partial charge in [0.25, 0.3) is 11.7 Å². The van der Waals surface area contributed by atoms with Crippen molar-refractivity contribution in [3.8, 4) is 0 Å². The number of ether oxygens (including phenoxy) is 1. The number of amides is 1. The molecule has 4 rings (SSSR count). The van der Waals surface area contributed by atoms with Crippen molar-refractivity contribution in [2.75, 3.05) is 39.4 Å². The maximum Gasteiger partial charge on any atom is 0.295 e. The number of carbonyl (C=O) groups is 2. The number of quaternary nitrogens is 1. The number of carbonyl (C=O) groups excluding carboxylic acids is 2. The molecule has 3 heterocycles. The molecule has 0 bridgehead atoms. The number of ketones is 1. The Kier molecular flexibility index (Phi) is 6.25. The van der Waals surface area contributed by atoms with E-state index < -0.39 is 17.7 Å². The molecule has 2 aromatic rings. The Morgan fingerprint density at radius 1 is 1.19 bits per heavy atom. The lowest BCUT2D eigenvalue weighted by molar-refractivity contribution is -0.908. The maximum absolute atomic E-state index is 13.0. The van der Waals surface area contributed by atoms with Crippen LogP contribution in [0.25, 0.3) is 5.76 Å². The third-order valence-electron chi connectivity index (χ3n) is 6.13. The SMILES string of the molecule is Cc1ccc(C)c(C(O)=C2C(=O)C(=O)N(CCC[NH+]3CCOCC3)C2c2ccco2)c1. The first kappa shape index (κ1) is 21.3. The minimum atomic E-state index is -0.727. The minimum Gasteiger partial charge on any atom is -0.507 e. The van der Waals surface area contributed by atoms with Crippen molar-refractivity contribution in [1.82, 2.24) is 4.90 Å². The first-order chi connectivity index (χ1) is 15.0. The highest BCUT2D eigenvalue weighted by Gasteiger charge is 2.47. The van der Waals surface area contributed by atoms with Gasteiger partial charge < -0.3 is 24.1 Å². The number of likely N-dealkylation sites (tertiary alicyclic amines) is 1. The largest absolute Gasteiger partial charge is 0.507 e. The van der Waals surface area contributed by atoms with Gasteiger partial charge in [-0.3, -0.25) is 9.59 Å². The van der Waals surface area contributed by atoms with Gasteiger partial charge in [0, 0.05) is 18.5 Å². The highest BCUT2D eigenvalue weighted by atomic mass is 16.5. The van der Waals surface area contributed by atoms with Crippen molar-refractivity contribution in [3.63, 3.8) is 0 Å². The Labute approximate surface area is 181 Å². The molecule has 2 N–H and O–H groups in total. The van der Waals surface area contributed by atoms with Crippen LogP contribution in [0.5, 0.6) is 0 Å². The van der Waals surface area contributed by atoms with E-state index in [0.29, 0.717) is 17.9 Å². The lowest BCUT2D eigenvalue weighted by Gasteiger charge is -2.26. The van der Waals surface area contributed by atoms with Gasteiger partial charge in [0.2, 0.25) is 0 Å². The maximum atomic E-state index is 13.0. The smallest absolute Gasteiger partial charge is 0.295 e. The standard InChI is InChI=1S/C24H28N2O5/c1-16-6-7-17(2)18(15-16)22(27)20-21(19-5-3-12-31-19)26(24(29)23(20)28)9-4-8-25-10-13-30-14-11-25/h3,5-7,12,15,21,27H,4,8-11,13-14H2,1-2H3/p+1. The molecule has 2 aliphatic rings. The van der Waals surface area contributed by atoms with E-state index in [9.17, 15) is 14.7 Å². The minimum absolute atomic E-state index is 0.0902. The predicted octanol–water partition coefficient (Wildman–Crippen LogP) is 1.62. The molecule has 2 saturated heterocycles. The first-order valence-electron chi connectivity index (χ1n) is 10.8. The van der Waals surface area contributed by atoms with Crippen LogP contribution >= 0.6 is 0 Å². The van der Waals surface area contributed by atoms with E-state index in [1.165, 1.54) is 16.1 Å². The first-order valence-corrected chi connectivity index (χ1v) is 10.8. The second-order valence-corrected chi connectivity index (χ2v) is 8.29. The summed E-state index contributed by atoms with van der Waals surface area (Å²) in [7, 11) is 0. The number of nitrogens with zero attached hydrogens (tertiary/aromatic N) is 1. The number of rotatable bonds is 6. The fourth-order valence-electron chi connectivity index (χ4n) is 4.40. The lowest BCUT2D eigenvalue weighted by atomic mass is 9.96. The molecule has 1 amide bonds. The van der Waals surface area contributed by atoms with Crippen LogP contribution in [-0.2, 0) is 14.3 Å². The fraction of sp³-hybridized carbons (Fsp3) is 0.417. The van der Waals surface area contributed by atoms with Crippen LogP contribution in [0.4, 0.5) is 0 Å². The monoisotopic (exact) mass is 425 g/mol. The molecule has 7 heteroatoms. The summed E-state index contributed by atoms with van der Waals surface area (Å²) in [5.74, 6) is -0.934. The number of Topliss-reactive ketones (excluding diaryl/α,β-unsaturated/α-hetero) is 1. The highest BCUT2D eigenvalue weighted by Crippen LogP contribution is 2.40. The summed E-state index contributed by atoms with van der Waals surface area (Å²) in [5.41, 5.74) is 2.45. The van der Waals surface area contributed by atoms with Gasteiger partial charge in [-0.15, -0.1) is 0 Å². The Balaban J connectivity index is 1.65. The summed E-state index contributed by atoms with van der Waals surface area (Å²) in [5, 5.41) is 11.2. The Morgan fingerprint density at radius 3 is 2.68 bits per heavy atom. The summed E-state index contributed by atoms with van der Waals surface area (Å²) in [4.78, 5) is 29.0. The number of morpholine rings is 1. The van der Waals surface area contributed by atoms with Gasteiger partial charge in [-0.2, -0.15) is 0 Å². The van der Waals surface area contributed by atoms with Gasteiger partial charge in [0.1, 0.15) is 30.7 Å². The van der Waals surface area contributed by atoms with Crippen LogP contribution in [0.15, 0.2) is 46.6 Å². The number of hydrogen-bond acceptors (Lipinski definition) is 5. The highest BCUT2D eigenvalue weighted by molar-refractivity contribution is 6.46. The number of benzene rings is 1. The van der Waals surface area contributed by atoms with Crippen LogP contribution in [0.1, 0.15) is 34.9 Å². The van der Waals surface area contributed by atoms with Gasteiger partial charge in [0.05, 0.1) is 31.6 Å². The molecular formula is C24H29N2O5+. The van der Waals surface area contributed by atoms with Crippen LogP contribution in [0.3, 0.4) is 0 Å². The van der Waals surface area contributed by atoms with E-state index in [1.807, 2.05) is 32.0 Å². The van der Waals surface area contributed by atoms with Crippen LogP contribution < -0.4 is 4.90 Å². The van der Waals surface area contributed by atoms with E-state index >= 15 is 0 Å². The number of nitrogens with one attached hydrogen (secondary N) is 1. The molecule has 7 nitrogen and oxygen atoms in total. The van der Waals surface area contributed by atoms with Crippen molar-refractivity contribution < 1.29 is 28.7 Å². The van der Waals surface area contributed by atoms with Crippen LogP contribution in [0, 0.1) is 13.8 Å². The second-order valence-electron chi connectivity index (χ2n) is 8.29. The van der Waals surface area contributed by atoms with Crippen molar-refractivity contribution >= 4 is 17.4 Å². The molecule has 0 spiro atoms. The van der Waals surface area contributed by atoms with E-state index in [-0.39, 0.29) is 11.3 Å². The van der Waals surface area contributed by atoms with Crippen molar-refractivity contribution in [2.24, 2.45) is 0 Å². The summed E-state index contributed by atoms with van der Waals surface area (Å²) < 4.78 is 11.0. The zero-order valence-corrected chi connectivity index (χ0v) is 18.0. The summed E-state index contributed by atoms with van der Waals surface area (Å²) in [6.07, 6.45) is 2.27. The zero-order valence-electron chi connectivity index (χ0n) is 18.0. The average molecular weight is 426 g/mol. The molecule has 0 radical (unpaired) electrons. The molecule has 2 aliphatic heterocycles. The number of aryl methyl sites for hydroxylation is 2.